The molecule has 2 heterocycles. The van der Waals surface area contributed by atoms with Gasteiger partial charge in [0, 0.05) is 4.88 Å². The first-order valence-corrected chi connectivity index (χ1v) is 6.52. The van der Waals surface area contributed by atoms with Gasteiger partial charge in [-0.2, -0.15) is 0 Å². The second-order valence-electron chi connectivity index (χ2n) is 3.09. The summed E-state index contributed by atoms with van der Waals surface area (Å²) < 4.78 is 0. The summed E-state index contributed by atoms with van der Waals surface area (Å²) in [5.41, 5.74) is 2.36. The van der Waals surface area contributed by atoms with Gasteiger partial charge in [0.1, 0.15) is 5.01 Å². The van der Waals surface area contributed by atoms with E-state index in [1.807, 2.05) is 6.92 Å². The minimum Gasteiger partial charge on any atom is -0.240 e. The van der Waals surface area contributed by atoms with Gasteiger partial charge in [0.2, 0.25) is 0 Å². The molecule has 4 heteroatoms. The minimum absolute atomic E-state index is 0.563. The number of thiazole rings is 1. The Kier molecular flexibility index (Phi) is 2.91. The van der Waals surface area contributed by atoms with Crippen LogP contribution in [0, 0.1) is 13.8 Å². The summed E-state index contributed by atoms with van der Waals surface area (Å²) in [6.45, 7) is 4.13. The molecular formula is C10H10ClNS2. The molecule has 2 aromatic rings. The van der Waals surface area contributed by atoms with E-state index in [0.29, 0.717) is 5.88 Å². The van der Waals surface area contributed by atoms with Crippen LogP contribution in [-0.4, -0.2) is 4.98 Å². The van der Waals surface area contributed by atoms with Crippen LogP contribution >= 0.6 is 34.3 Å². The summed E-state index contributed by atoms with van der Waals surface area (Å²) in [6.07, 6.45) is 0. The third-order valence-electron chi connectivity index (χ3n) is 2.07. The van der Waals surface area contributed by atoms with E-state index in [9.17, 15) is 0 Å². The zero-order valence-corrected chi connectivity index (χ0v) is 10.4. The number of aryl methyl sites for hydroxylation is 2. The Morgan fingerprint density at radius 2 is 2.21 bits per heavy atom. The van der Waals surface area contributed by atoms with E-state index in [0.717, 1.165) is 10.7 Å². The van der Waals surface area contributed by atoms with Crippen LogP contribution in [0.25, 0.3) is 9.88 Å². The average Bonchev–Trinajstić information content (AvgIpc) is 2.71. The fourth-order valence-electron chi connectivity index (χ4n) is 1.24. The standard InChI is InChI=1S/C10H10ClNS2/c1-6-3-4-13-9(6)10-12-7(2)8(5-11)14-10/h3-4H,5H2,1-2H3. The second kappa shape index (κ2) is 4.01. The maximum atomic E-state index is 5.82. The molecule has 2 rings (SSSR count). The summed E-state index contributed by atoms with van der Waals surface area (Å²) in [6, 6.07) is 2.12. The molecule has 0 saturated carbocycles. The molecule has 0 aliphatic rings. The molecule has 0 aliphatic heterocycles. The van der Waals surface area contributed by atoms with Crippen LogP contribution in [0.15, 0.2) is 11.4 Å². The summed E-state index contributed by atoms with van der Waals surface area (Å²) in [4.78, 5) is 6.98. The fourth-order valence-corrected chi connectivity index (χ4v) is 3.59. The Hall–Kier alpha value is -0.380. The van der Waals surface area contributed by atoms with Gasteiger partial charge in [-0.1, -0.05) is 0 Å². The Morgan fingerprint density at radius 3 is 2.71 bits per heavy atom. The van der Waals surface area contributed by atoms with Gasteiger partial charge in [-0.25, -0.2) is 4.98 Å². The predicted molar refractivity (Wildman–Crippen MR) is 64.5 cm³/mol. The molecule has 0 spiro atoms. The number of hydrogen-bond donors (Lipinski definition) is 0. The largest absolute Gasteiger partial charge is 0.240 e. The summed E-state index contributed by atoms with van der Waals surface area (Å²) >= 11 is 9.26. The molecule has 1 nitrogen and oxygen atoms in total. The summed E-state index contributed by atoms with van der Waals surface area (Å²) in [5, 5.41) is 3.20. The van der Waals surface area contributed by atoms with E-state index in [1.54, 1.807) is 22.7 Å². The molecule has 0 radical (unpaired) electrons. The van der Waals surface area contributed by atoms with Gasteiger partial charge in [0.25, 0.3) is 0 Å². The molecule has 0 N–H and O–H groups in total. The van der Waals surface area contributed by atoms with Crippen LogP contribution in [0.3, 0.4) is 0 Å². The SMILES string of the molecule is Cc1ccsc1-c1nc(C)c(CCl)s1. The zero-order chi connectivity index (χ0) is 10.1. The van der Waals surface area contributed by atoms with E-state index in [4.69, 9.17) is 11.6 Å². The van der Waals surface area contributed by atoms with E-state index in [-0.39, 0.29) is 0 Å². The van der Waals surface area contributed by atoms with Crippen molar-refractivity contribution in [2.45, 2.75) is 19.7 Å². The van der Waals surface area contributed by atoms with Crippen molar-refractivity contribution in [2.24, 2.45) is 0 Å². The van der Waals surface area contributed by atoms with Crippen LogP contribution in [0.1, 0.15) is 16.1 Å². The van der Waals surface area contributed by atoms with Gasteiger partial charge < -0.3 is 0 Å². The van der Waals surface area contributed by atoms with Crippen LogP contribution in [0.2, 0.25) is 0 Å². The lowest BCUT2D eigenvalue weighted by molar-refractivity contribution is 1.22. The Morgan fingerprint density at radius 1 is 1.43 bits per heavy atom. The first-order valence-electron chi connectivity index (χ1n) is 4.29. The quantitative estimate of drug-likeness (QED) is 0.720. The topological polar surface area (TPSA) is 12.9 Å². The number of alkyl halides is 1. The monoisotopic (exact) mass is 243 g/mol. The first kappa shape index (κ1) is 10.1. The van der Waals surface area contributed by atoms with Crippen molar-refractivity contribution in [3.63, 3.8) is 0 Å². The van der Waals surface area contributed by atoms with Gasteiger partial charge in [0.05, 0.1) is 16.5 Å². The number of hydrogen-bond acceptors (Lipinski definition) is 3. The Balaban J connectivity index is 2.47. The highest BCUT2D eigenvalue weighted by molar-refractivity contribution is 7.21. The van der Waals surface area contributed by atoms with Crippen LogP contribution in [0.5, 0.6) is 0 Å². The molecule has 2 aromatic heterocycles. The number of rotatable bonds is 2. The van der Waals surface area contributed by atoms with Crippen molar-refractivity contribution < 1.29 is 0 Å². The molecule has 0 fully saturated rings. The lowest BCUT2D eigenvalue weighted by Gasteiger charge is -1.91. The highest BCUT2D eigenvalue weighted by atomic mass is 35.5. The molecular weight excluding hydrogens is 234 g/mol. The van der Waals surface area contributed by atoms with Gasteiger partial charge in [-0.05, 0) is 30.9 Å². The maximum absolute atomic E-state index is 5.82. The number of halogens is 1. The van der Waals surface area contributed by atoms with Crippen molar-refractivity contribution in [1.29, 1.82) is 0 Å². The Labute approximate surface area is 96.4 Å². The van der Waals surface area contributed by atoms with Crippen molar-refractivity contribution in [2.75, 3.05) is 0 Å². The molecule has 0 aliphatic carbocycles. The highest BCUT2D eigenvalue weighted by Crippen LogP contribution is 2.34. The minimum atomic E-state index is 0.563. The molecule has 0 amide bonds. The number of thiophene rings is 1. The first-order chi connectivity index (χ1) is 6.72. The molecule has 0 saturated heterocycles. The van der Waals surface area contributed by atoms with E-state index in [2.05, 4.69) is 23.4 Å². The van der Waals surface area contributed by atoms with Crippen LogP contribution in [0.4, 0.5) is 0 Å². The zero-order valence-electron chi connectivity index (χ0n) is 8.00. The third kappa shape index (κ3) is 1.72. The van der Waals surface area contributed by atoms with Crippen molar-refractivity contribution in [3.05, 3.63) is 27.6 Å². The highest BCUT2D eigenvalue weighted by Gasteiger charge is 2.11. The second-order valence-corrected chi connectivity index (χ2v) is 5.36. The normalized spacial score (nSPS) is 10.8. The van der Waals surface area contributed by atoms with Gasteiger partial charge >= 0.3 is 0 Å². The Bertz CT molecular complexity index is 445. The molecule has 14 heavy (non-hydrogen) atoms. The lowest BCUT2D eigenvalue weighted by atomic mass is 10.3. The number of aromatic nitrogens is 1. The molecule has 74 valence electrons. The predicted octanol–water partition coefficient (Wildman–Crippen LogP) is 4.23. The molecule has 0 atom stereocenters. The van der Waals surface area contributed by atoms with Crippen molar-refractivity contribution in [3.8, 4) is 9.88 Å². The van der Waals surface area contributed by atoms with Gasteiger partial charge in [-0.3, -0.25) is 0 Å². The smallest absolute Gasteiger partial charge is 0.134 e. The molecule has 0 aromatic carbocycles. The van der Waals surface area contributed by atoms with Crippen LogP contribution in [-0.2, 0) is 5.88 Å². The summed E-state index contributed by atoms with van der Waals surface area (Å²) in [5.74, 6) is 0.563. The fraction of sp³-hybridized carbons (Fsp3) is 0.300. The molecule has 0 unspecified atom stereocenters. The maximum Gasteiger partial charge on any atom is 0.134 e. The van der Waals surface area contributed by atoms with Crippen LogP contribution < -0.4 is 0 Å². The van der Waals surface area contributed by atoms with Gasteiger partial charge in [0.15, 0.2) is 0 Å². The van der Waals surface area contributed by atoms with Crippen molar-refractivity contribution in [1.82, 2.24) is 4.98 Å². The van der Waals surface area contributed by atoms with E-state index in [1.165, 1.54) is 15.3 Å². The number of nitrogens with zero attached hydrogens (tertiary/aromatic N) is 1. The lowest BCUT2D eigenvalue weighted by Crippen LogP contribution is -1.77. The third-order valence-corrected chi connectivity index (χ3v) is 4.82. The molecule has 0 bridgehead atoms. The van der Waals surface area contributed by atoms with Crippen molar-refractivity contribution >= 4 is 34.3 Å². The van der Waals surface area contributed by atoms with E-state index >= 15 is 0 Å². The van der Waals surface area contributed by atoms with Gasteiger partial charge in [-0.15, -0.1) is 34.3 Å². The summed E-state index contributed by atoms with van der Waals surface area (Å²) in [7, 11) is 0. The average molecular weight is 244 g/mol. The van der Waals surface area contributed by atoms with E-state index < -0.39 is 0 Å².